The van der Waals surface area contributed by atoms with Gasteiger partial charge < -0.3 is 49.4 Å². The van der Waals surface area contributed by atoms with Gasteiger partial charge in [-0.2, -0.15) is 0 Å². The summed E-state index contributed by atoms with van der Waals surface area (Å²) in [5.74, 6) is -5.36. The fourth-order valence-electron chi connectivity index (χ4n) is 9.56. The van der Waals surface area contributed by atoms with E-state index in [1.807, 2.05) is 0 Å². The van der Waals surface area contributed by atoms with Crippen molar-refractivity contribution in [1.29, 1.82) is 0 Å². The molecule has 1 saturated heterocycles. The van der Waals surface area contributed by atoms with E-state index in [1.165, 1.54) is 26.0 Å². The Bertz CT molecular complexity index is 1980. The zero-order valence-corrected chi connectivity index (χ0v) is 33.9. The molecule has 59 heavy (non-hydrogen) atoms. The van der Waals surface area contributed by atoms with Gasteiger partial charge in [0.2, 0.25) is 0 Å². The van der Waals surface area contributed by atoms with Crippen molar-refractivity contribution < 1.29 is 68.1 Å². The number of benzene rings is 2. The average Bonchev–Trinajstić information content (AvgIpc) is 3.14. The molecular formula is C43H54NNaO14. The van der Waals surface area contributed by atoms with Crippen LogP contribution in [-0.2, 0) is 38.1 Å². The van der Waals surface area contributed by atoms with Gasteiger partial charge in [-0.25, -0.2) is 14.4 Å². The monoisotopic (exact) mass is 831 g/mol. The van der Waals surface area contributed by atoms with Gasteiger partial charge in [-0.3, -0.25) is 9.59 Å². The van der Waals surface area contributed by atoms with Gasteiger partial charge in [0.05, 0.1) is 35.6 Å². The number of aliphatic hydroxyl groups excluding tert-OH is 3. The summed E-state index contributed by atoms with van der Waals surface area (Å²) in [6.45, 7) is 11.8. The maximum atomic E-state index is 14.9. The molecule has 2 saturated carbocycles. The second-order valence-electron chi connectivity index (χ2n) is 17.6. The summed E-state index contributed by atoms with van der Waals surface area (Å²) in [4.78, 5) is 68.9. The summed E-state index contributed by atoms with van der Waals surface area (Å²) in [5.41, 5.74) is -8.14. The molecule has 0 unspecified atom stereocenters. The Morgan fingerprint density at radius 2 is 1.54 bits per heavy atom. The first-order valence-electron chi connectivity index (χ1n) is 19.3. The number of aliphatic hydroxyl groups is 4. The molecular weight excluding hydrogens is 777 g/mol. The Morgan fingerprint density at radius 1 is 0.949 bits per heavy atom. The van der Waals surface area contributed by atoms with Crippen molar-refractivity contribution in [2.75, 3.05) is 6.61 Å². The summed E-state index contributed by atoms with van der Waals surface area (Å²) < 4.78 is 29.5. The van der Waals surface area contributed by atoms with Crippen LogP contribution in [0.1, 0.15) is 90.2 Å². The number of esters is 3. The number of ketones is 1. The van der Waals surface area contributed by atoms with Crippen molar-refractivity contribution in [3.63, 3.8) is 0 Å². The summed E-state index contributed by atoms with van der Waals surface area (Å²) in [6, 6.07) is 14.6. The minimum absolute atomic E-state index is 0. The number of carbonyl (C=O) groups is 5. The third kappa shape index (κ3) is 8.00. The number of alkyl carbamates (subject to hydrolysis) is 1. The molecule has 3 fully saturated rings. The van der Waals surface area contributed by atoms with Gasteiger partial charge in [0.25, 0.3) is 0 Å². The van der Waals surface area contributed by atoms with E-state index in [1.54, 1.807) is 83.1 Å². The molecule has 0 spiro atoms. The Hall–Kier alpha value is -3.67. The van der Waals surface area contributed by atoms with Crippen molar-refractivity contribution in [3.8, 4) is 0 Å². The van der Waals surface area contributed by atoms with Gasteiger partial charge in [-0.1, -0.05) is 62.4 Å². The van der Waals surface area contributed by atoms with Crippen molar-refractivity contribution in [1.82, 2.24) is 5.32 Å². The molecule has 2 bridgehead atoms. The molecule has 2 aromatic rings. The first kappa shape index (κ1) is 46.4. The van der Waals surface area contributed by atoms with E-state index >= 15 is 0 Å². The maximum absolute atomic E-state index is 14.9. The quantitative estimate of drug-likeness (QED) is 0.112. The predicted octanol–water partition coefficient (Wildman–Crippen LogP) is 2.61. The van der Waals surface area contributed by atoms with Crippen LogP contribution in [-0.4, -0.2) is 140 Å². The third-order valence-corrected chi connectivity index (χ3v) is 12.6. The van der Waals surface area contributed by atoms with Gasteiger partial charge in [-0.05, 0) is 63.5 Å². The molecule has 6 rings (SSSR count). The summed E-state index contributed by atoms with van der Waals surface area (Å²) in [7, 11) is 0. The zero-order chi connectivity index (χ0) is 42.7. The summed E-state index contributed by atoms with van der Waals surface area (Å²) >= 11 is 0. The number of amides is 1. The van der Waals surface area contributed by atoms with E-state index in [0.29, 0.717) is 5.56 Å². The molecule has 1 heterocycles. The van der Waals surface area contributed by atoms with Crippen LogP contribution in [0.2, 0.25) is 0 Å². The van der Waals surface area contributed by atoms with Gasteiger partial charge in [-0.15, -0.1) is 0 Å². The summed E-state index contributed by atoms with van der Waals surface area (Å²) in [6.07, 6.45) is -11.5. The Labute approximate surface area is 365 Å². The van der Waals surface area contributed by atoms with Crippen molar-refractivity contribution >= 4 is 59.3 Å². The van der Waals surface area contributed by atoms with Crippen LogP contribution in [0, 0.1) is 16.7 Å². The molecule has 5 N–H and O–H groups in total. The predicted molar refractivity (Wildman–Crippen MR) is 211 cm³/mol. The van der Waals surface area contributed by atoms with E-state index in [0.717, 1.165) is 6.92 Å². The summed E-state index contributed by atoms with van der Waals surface area (Å²) in [5, 5.41) is 51.6. The van der Waals surface area contributed by atoms with E-state index in [9.17, 15) is 44.4 Å². The van der Waals surface area contributed by atoms with Crippen LogP contribution < -0.4 is 5.32 Å². The molecule has 16 heteroatoms. The van der Waals surface area contributed by atoms with E-state index < -0.39 is 112 Å². The molecule has 3 aliphatic carbocycles. The van der Waals surface area contributed by atoms with Gasteiger partial charge in [0.15, 0.2) is 17.5 Å². The van der Waals surface area contributed by atoms with Crippen LogP contribution in [0.5, 0.6) is 0 Å². The molecule has 0 radical (unpaired) electrons. The number of rotatable bonds is 8. The van der Waals surface area contributed by atoms with Crippen LogP contribution in [0.25, 0.3) is 0 Å². The van der Waals surface area contributed by atoms with Crippen LogP contribution in [0.3, 0.4) is 0 Å². The SMILES string of the molecule is CC(=O)O[C@@]12CO[C@@H]1C[C@H](O)[C@@]1(C)C(=O)[C@H](O)C3=C(C)[C@@H](OC(=O)[C@H](O)[C@@H](NC(=O)OC(C)(C)C)c4ccccc4)C[C@@](O)([C@@H](OC(=O)c4ccccc4)[C@H]21)C3(C)C.[NaH]. The third-order valence-electron chi connectivity index (χ3n) is 12.6. The number of ether oxygens (including phenoxy) is 5. The number of hydrogen-bond donors (Lipinski definition) is 5. The average molecular weight is 832 g/mol. The van der Waals surface area contributed by atoms with E-state index in [4.69, 9.17) is 23.7 Å². The number of nitrogens with one attached hydrogen (secondary N) is 1. The molecule has 316 valence electrons. The topological polar surface area (TPSA) is 224 Å². The number of fused-ring (bicyclic) bond motifs is 5. The Kier molecular flexibility index (Phi) is 13.1. The van der Waals surface area contributed by atoms with Crippen molar-refractivity contribution in [2.45, 2.75) is 128 Å². The molecule has 11 atom stereocenters. The van der Waals surface area contributed by atoms with Crippen LogP contribution in [0.4, 0.5) is 4.79 Å². The van der Waals surface area contributed by atoms with E-state index in [2.05, 4.69) is 5.32 Å². The molecule has 1 aliphatic heterocycles. The van der Waals surface area contributed by atoms with E-state index in [-0.39, 0.29) is 59.3 Å². The number of Topliss-reactive ketones (excluding diaryl/α,β-unsaturated/α-hetero) is 1. The first-order valence-corrected chi connectivity index (χ1v) is 19.3. The second-order valence-corrected chi connectivity index (χ2v) is 17.6. The normalized spacial score (nSPS) is 33.1. The molecule has 4 aliphatic rings. The zero-order valence-electron chi connectivity index (χ0n) is 33.9. The van der Waals surface area contributed by atoms with Crippen molar-refractivity contribution in [3.05, 3.63) is 82.9 Å². The number of hydrogen-bond acceptors (Lipinski definition) is 14. The minimum atomic E-state index is -2.35. The standard InChI is InChI=1S/C43H53NO14.Na.H/c1-22-26(55-37(51)32(48)30(24-15-11-9-12-16-24)44-38(52)58-39(3,4)5)20-43(53)35(56-36(50)25-17-13-10-14-18-25)33-41(8,34(49)31(47)29(22)40(43,6)7)27(46)19-28-42(33,21-54-28)57-23(2)45;;/h9-18,26-28,30-33,35,46-48,53H,19-21H2,1-8H3,(H,44,52);;/t26-,27-,28+,30-,31+,32+,33-,35-,41+,42-,43+;;/m0../s1. The van der Waals surface area contributed by atoms with Crippen molar-refractivity contribution in [2.24, 2.45) is 16.7 Å². The fourth-order valence-corrected chi connectivity index (χ4v) is 9.56. The second kappa shape index (κ2) is 16.7. The van der Waals surface area contributed by atoms with Gasteiger partial charge in [0, 0.05) is 25.2 Å². The number of carbonyl (C=O) groups excluding carboxylic acids is 5. The molecule has 15 nitrogen and oxygen atoms in total. The first-order chi connectivity index (χ1) is 27.0. The van der Waals surface area contributed by atoms with Crippen LogP contribution in [0.15, 0.2) is 71.8 Å². The Balaban J connectivity index is 0.00000661. The fraction of sp³-hybridized carbons (Fsp3) is 0.558. The molecule has 1 amide bonds. The van der Waals surface area contributed by atoms with Gasteiger partial charge >= 0.3 is 53.6 Å². The van der Waals surface area contributed by atoms with Gasteiger partial charge in [0.1, 0.15) is 35.6 Å². The molecule has 0 aromatic heterocycles. The Morgan fingerprint density at radius 3 is 2.08 bits per heavy atom. The molecule has 2 aromatic carbocycles. The van der Waals surface area contributed by atoms with Crippen LogP contribution >= 0.6 is 0 Å².